The molecule has 0 spiro atoms. The lowest BCUT2D eigenvalue weighted by molar-refractivity contribution is 0.0726. The second kappa shape index (κ2) is 6.87. The summed E-state index contributed by atoms with van der Waals surface area (Å²) in [5, 5.41) is 10.8. The summed E-state index contributed by atoms with van der Waals surface area (Å²) in [5.41, 5.74) is 1.79. The Balaban J connectivity index is 1.86. The number of carboxylic acid groups (broad SMARTS) is 1. The van der Waals surface area contributed by atoms with E-state index in [0.29, 0.717) is 29.1 Å². The molecule has 1 aliphatic carbocycles. The topological polar surface area (TPSA) is 74.6 Å². The predicted octanol–water partition coefficient (Wildman–Crippen LogP) is 3.29. The van der Waals surface area contributed by atoms with E-state index in [2.05, 4.69) is 37.2 Å². The Labute approximate surface area is 154 Å². The summed E-state index contributed by atoms with van der Waals surface area (Å²) < 4.78 is 16.1. The molecule has 24 heavy (non-hydrogen) atoms. The van der Waals surface area contributed by atoms with Crippen LogP contribution < -0.4 is 5.32 Å². The Kier molecular flexibility index (Phi) is 5.00. The highest BCUT2D eigenvalue weighted by molar-refractivity contribution is 9.11. The van der Waals surface area contributed by atoms with Gasteiger partial charge in [-0.25, -0.2) is 9.18 Å². The quantitative estimate of drug-likeness (QED) is 0.702. The van der Waals surface area contributed by atoms with Gasteiger partial charge in [0, 0.05) is 31.2 Å². The van der Waals surface area contributed by atoms with Crippen molar-refractivity contribution in [2.24, 2.45) is 0 Å². The summed E-state index contributed by atoms with van der Waals surface area (Å²) in [6, 6.07) is 0.348. The minimum absolute atomic E-state index is 0.000450. The van der Waals surface area contributed by atoms with Crippen LogP contribution in [0.25, 0.3) is 0 Å². The van der Waals surface area contributed by atoms with Crippen LogP contribution in [0.1, 0.15) is 28.8 Å². The van der Waals surface area contributed by atoms with E-state index in [1.165, 1.54) is 0 Å². The van der Waals surface area contributed by atoms with E-state index >= 15 is 0 Å². The van der Waals surface area contributed by atoms with Crippen LogP contribution in [0.5, 0.6) is 0 Å². The molecule has 0 atom stereocenters. The number of carbonyl (C=O) groups excluding carboxylic acids is 1. The number of halogens is 3. The van der Waals surface area contributed by atoms with Gasteiger partial charge in [0.1, 0.15) is 0 Å². The Morgan fingerprint density at radius 3 is 2.67 bits per heavy atom. The molecule has 1 saturated carbocycles. The van der Waals surface area contributed by atoms with Crippen molar-refractivity contribution in [3.8, 4) is 0 Å². The van der Waals surface area contributed by atoms with Gasteiger partial charge in [-0.3, -0.25) is 4.79 Å². The zero-order valence-corrected chi connectivity index (χ0v) is 15.9. The first-order valence-corrected chi connectivity index (χ1v) is 9.14. The molecule has 1 aromatic heterocycles. The molecule has 1 aliphatic heterocycles. The third-order valence-electron chi connectivity index (χ3n) is 4.28. The van der Waals surface area contributed by atoms with E-state index in [-0.39, 0.29) is 24.6 Å². The highest BCUT2D eigenvalue weighted by Gasteiger charge is 2.39. The molecule has 0 aromatic carbocycles. The fourth-order valence-electron chi connectivity index (χ4n) is 2.93. The molecule has 1 aromatic rings. The normalized spacial score (nSPS) is 17.9. The first-order chi connectivity index (χ1) is 11.4. The van der Waals surface area contributed by atoms with Crippen LogP contribution in [-0.4, -0.2) is 45.7 Å². The summed E-state index contributed by atoms with van der Waals surface area (Å²) in [5.74, 6) is -0.000450. The summed E-state index contributed by atoms with van der Waals surface area (Å²) in [7, 11) is 0. The van der Waals surface area contributed by atoms with Crippen molar-refractivity contribution >= 4 is 43.9 Å². The molecule has 3 rings (SSSR count). The standard InChI is InChI=1S/C15H16Br2FN3O3/c16-12-10-3-4-20(9-1-2-9)14(22)11(10)13(17)21(12)7-8(5-18)6-19-15(23)24/h5,9,19H,1-4,6-7H2,(H,23,24). The molecular formula is C15H16Br2FN3O3. The van der Waals surface area contributed by atoms with E-state index in [9.17, 15) is 14.0 Å². The van der Waals surface area contributed by atoms with Gasteiger partial charge in [0.2, 0.25) is 0 Å². The largest absolute Gasteiger partial charge is 0.465 e. The van der Waals surface area contributed by atoms with Gasteiger partial charge in [-0.2, -0.15) is 0 Å². The molecule has 2 N–H and O–H groups in total. The van der Waals surface area contributed by atoms with E-state index in [1.54, 1.807) is 4.57 Å². The lowest BCUT2D eigenvalue weighted by Gasteiger charge is -2.27. The lowest BCUT2D eigenvalue weighted by Crippen LogP contribution is -2.38. The number of nitrogens with zero attached hydrogens (tertiary/aromatic N) is 2. The van der Waals surface area contributed by atoms with Crippen molar-refractivity contribution in [2.75, 3.05) is 13.1 Å². The van der Waals surface area contributed by atoms with Crippen LogP contribution in [0.2, 0.25) is 0 Å². The maximum Gasteiger partial charge on any atom is 0.404 e. The van der Waals surface area contributed by atoms with Gasteiger partial charge in [-0.05, 0) is 56.7 Å². The molecule has 2 aliphatic rings. The maximum atomic E-state index is 13.1. The summed E-state index contributed by atoms with van der Waals surface area (Å²) in [4.78, 5) is 25.2. The average molecular weight is 465 g/mol. The summed E-state index contributed by atoms with van der Waals surface area (Å²) in [6.07, 6.45) is 2.03. The zero-order chi connectivity index (χ0) is 17.4. The number of hydrogen-bond donors (Lipinski definition) is 2. The van der Waals surface area contributed by atoms with E-state index < -0.39 is 6.09 Å². The SMILES string of the molecule is O=C(O)NCC(=CF)Cn1c(Br)c2c(c1Br)C(=O)N(C1CC1)CC2. The molecule has 6 nitrogen and oxygen atoms in total. The van der Waals surface area contributed by atoms with Crippen LogP contribution in [-0.2, 0) is 13.0 Å². The van der Waals surface area contributed by atoms with Crippen LogP contribution in [0, 0.1) is 0 Å². The molecule has 0 unspecified atom stereocenters. The Morgan fingerprint density at radius 1 is 1.38 bits per heavy atom. The zero-order valence-electron chi connectivity index (χ0n) is 12.7. The molecular weight excluding hydrogens is 449 g/mol. The van der Waals surface area contributed by atoms with E-state index in [1.807, 2.05) is 4.90 Å². The summed E-state index contributed by atoms with van der Waals surface area (Å²) >= 11 is 6.96. The molecule has 130 valence electrons. The van der Waals surface area contributed by atoms with Gasteiger partial charge in [0.25, 0.3) is 5.91 Å². The lowest BCUT2D eigenvalue weighted by atomic mass is 10.0. The average Bonchev–Trinajstić information content (AvgIpc) is 3.34. The second-order valence-electron chi connectivity index (χ2n) is 5.93. The van der Waals surface area contributed by atoms with Crippen LogP contribution >= 0.6 is 31.9 Å². The molecule has 2 heterocycles. The second-order valence-corrected chi connectivity index (χ2v) is 7.43. The van der Waals surface area contributed by atoms with Crippen molar-refractivity contribution in [3.05, 3.63) is 32.2 Å². The Hall–Kier alpha value is -1.35. The fourth-order valence-corrected chi connectivity index (χ4v) is 4.58. The van der Waals surface area contributed by atoms with Crippen LogP contribution in [0.3, 0.4) is 0 Å². The van der Waals surface area contributed by atoms with E-state index in [0.717, 1.165) is 29.4 Å². The van der Waals surface area contributed by atoms with Crippen LogP contribution in [0.15, 0.2) is 21.1 Å². The van der Waals surface area contributed by atoms with Crippen molar-refractivity contribution in [1.82, 2.24) is 14.8 Å². The van der Waals surface area contributed by atoms with Crippen molar-refractivity contribution < 1.29 is 19.1 Å². The Morgan fingerprint density at radius 2 is 2.08 bits per heavy atom. The van der Waals surface area contributed by atoms with Gasteiger partial charge in [-0.1, -0.05) is 0 Å². The van der Waals surface area contributed by atoms with Crippen molar-refractivity contribution in [2.45, 2.75) is 31.8 Å². The molecule has 2 amide bonds. The molecule has 0 radical (unpaired) electrons. The van der Waals surface area contributed by atoms with Gasteiger partial charge in [0.05, 0.1) is 21.1 Å². The smallest absolute Gasteiger partial charge is 0.404 e. The highest BCUT2D eigenvalue weighted by atomic mass is 79.9. The number of amides is 2. The molecule has 9 heteroatoms. The third kappa shape index (κ3) is 3.23. The number of fused-ring (bicyclic) bond motifs is 1. The first-order valence-electron chi connectivity index (χ1n) is 7.56. The minimum Gasteiger partial charge on any atom is -0.465 e. The van der Waals surface area contributed by atoms with E-state index in [4.69, 9.17) is 5.11 Å². The van der Waals surface area contributed by atoms with Crippen molar-refractivity contribution in [1.29, 1.82) is 0 Å². The Bertz CT molecular complexity index is 728. The molecule has 0 saturated heterocycles. The number of hydrogen-bond acceptors (Lipinski definition) is 2. The summed E-state index contributed by atoms with van der Waals surface area (Å²) in [6.45, 7) is 0.718. The monoisotopic (exact) mass is 463 g/mol. The number of aromatic nitrogens is 1. The van der Waals surface area contributed by atoms with Gasteiger partial charge in [0.15, 0.2) is 0 Å². The minimum atomic E-state index is -1.21. The fraction of sp³-hybridized carbons (Fsp3) is 0.467. The van der Waals surface area contributed by atoms with Gasteiger partial charge in [-0.15, -0.1) is 0 Å². The highest BCUT2D eigenvalue weighted by Crippen LogP contribution is 2.39. The third-order valence-corrected chi connectivity index (χ3v) is 6.01. The maximum absolute atomic E-state index is 13.1. The number of carbonyl (C=O) groups is 2. The number of rotatable bonds is 5. The van der Waals surface area contributed by atoms with Gasteiger partial charge < -0.3 is 19.9 Å². The van der Waals surface area contributed by atoms with Crippen molar-refractivity contribution in [3.63, 3.8) is 0 Å². The predicted molar refractivity (Wildman–Crippen MR) is 92.8 cm³/mol. The molecule has 0 bridgehead atoms. The number of nitrogens with one attached hydrogen (secondary N) is 1. The van der Waals surface area contributed by atoms with Crippen LogP contribution in [0.4, 0.5) is 9.18 Å². The first kappa shape index (κ1) is 17.5. The molecule has 1 fully saturated rings. The van der Waals surface area contributed by atoms with Gasteiger partial charge >= 0.3 is 6.09 Å².